The van der Waals surface area contributed by atoms with Crippen molar-refractivity contribution in [3.63, 3.8) is 0 Å². The molecule has 142 valence electrons. The first-order valence-corrected chi connectivity index (χ1v) is 8.97. The Morgan fingerprint density at radius 2 is 1.86 bits per heavy atom. The minimum atomic E-state index is -0.374. The SMILES string of the molecule is O=C(/C=C/c1cn[nH]c1-c1ccccc1)c1cccc(NC(=O)c2ccco2)c1. The fourth-order valence-electron chi connectivity index (χ4n) is 2.87. The molecule has 0 unspecified atom stereocenters. The van der Waals surface area contributed by atoms with Crippen LogP contribution >= 0.6 is 0 Å². The van der Waals surface area contributed by atoms with E-state index in [9.17, 15) is 9.59 Å². The van der Waals surface area contributed by atoms with E-state index in [0.717, 1.165) is 16.8 Å². The molecule has 29 heavy (non-hydrogen) atoms. The van der Waals surface area contributed by atoms with E-state index in [4.69, 9.17) is 4.42 Å². The fourth-order valence-corrected chi connectivity index (χ4v) is 2.87. The number of carbonyl (C=O) groups excluding carboxylic acids is 2. The van der Waals surface area contributed by atoms with Gasteiger partial charge in [-0.1, -0.05) is 42.5 Å². The summed E-state index contributed by atoms with van der Waals surface area (Å²) in [6.45, 7) is 0. The number of benzene rings is 2. The number of aromatic amines is 1. The van der Waals surface area contributed by atoms with Gasteiger partial charge in [-0.3, -0.25) is 14.7 Å². The van der Waals surface area contributed by atoms with Crippen molar-refractivity contribution in [2.24, 2.45) is 0 Å². The molecule has 6 heteroatoms. The molecule has 0 saturated carbocycles. The third-order valence-electron chi connectivity index (χ3n) is 4.30. The number of allylic oxidation sites excluding steroid dienone is 1. The highest BCUT2D eigenvalue weighted by Crippen LogP contribution is 2.22. The molecule has 1 amide bonds. The van der Waals surface area contributed by atoms with E-state index >= 15 is 0 Å². The van der Waals surface area contributed by atoms with Crippen LogP contribution in [0.1, 0.15) is 26.5 Å². The van der Waals surface area contributed by atoms with Gasteiger partial charge < -0.3 is 9.73 Å². The highest BCUT2D eigenvalue weighted by molar-refractivity contribution is 6.08. The van der Waals surface area contributed by atoms with Crippen molar-refractivity contribution in [2.45, 2.75) is 0 Å². The van der Waals surface area contributed by atoms with Crippen LogP contribution in [-0.2, 0) is 0 Å². The van der Waals surface area contributed by atoms with Crippen LogP contribution < -0.4 is 5.32 Å². The number of nitrogens with one attached hydrogen (secondary N) is 2. The molecule has 0 aliphatic rings. The number of carbonyl (C=O) groups is 2. The molecule has 0 saturated heterocycles. The molecule has 4 rings (SSSR count). The average Bonchev–Trinajstić information content (AvgIpc) is 3.45. The van der Waals surface area contributed by atoms with Crippen LogP contribution in [0.3, 0.4) is 0 Å². The fraction of sp³-hybridized carbons (Fsp3) is 0. The molecule has 6 nitrogen and oxygen atoms in total. The Labute approximate surface area is 166 Å². The predicted molar refractivity (Wildman–Crippen MR) is 110 cm³/mol. The van der Waals surface area contributed by atoms with E-state index in [1.54, 1.807) is 48.7 Å². The summed E-state index contributed by atoms with van der Waals surface area (Å²) in [7, 11) is 0. The molecular formula is C23H17N3O3. The second-order valence-corrected chi connectivity index (χ2v) is 6.28. The van der Waals surface area contributed by atoms with Gasteiger partial charge in [-0.2, -0.15) is 5.10 Å². The summed E-state index contributed by atoms with van der Waals surface area (Å²) in [5.41, 5.74) is 3.61. The van der Waals surface area contributed by atoms with Crippen LogP contribution in [-0.4, -0.2) is 21.9 Å². The third-order valence-corrected chi connectivity index (χ3v) is 4.30. The van der Waals surface area contributed by atoms with E-state index < -0.39 is 0 Å². The van der Waals surface area contributed by atoms with Crippen molar-refractivity contribution in [3.8, 4) is 11.3 Å². The maximum atomic E-state index is 12.6. The molecule has 2 N–H and O–H groups in total. The highest BCUT2D eigenvalue weighted by atomic mass is 16.3. The molecular weight excluding hydrogens is 366 g/mol. The van der Waals surface area contributed by atoms with Crippen LogP contribution in [0.4, 0.5) is 5.69 Å². The summed E-state index contributed by atoms with van der Waals surface area (Å²) in [6, 6.07) is 19.7. The molecule has 0 aliphatic carbocycles. The van der Waals surface area contributed by atoms with Crippen molar-refractivity contribution < 1.29 is 14.0 Å². The highest BCUT2D eigenvalue weighted by Gasteiger charge is 2.10. The van der Waals surface area contributed by atoms with Crippen LogP contribution in [0.25, 0.3) is 17.3 Å². The molecule has 2 heterocycles. The van der Waals surface area contributed by atoms with Crippen molar-refractivity contribution in [1.29, 1.82) is 0 Å². The Bertz CT molecular complexity index is 1160. The lowest BCUT2D eigenvalue weighted by Crippen LogP contribution is -2.11. The average molecular weight is 383 g/mol. The number of aromatic nitrogens is 2. The summed E-state index contributed by atoms with van der Waals surface area (Å²) < 4.78 is 5.07. The van der Waals surface area contributed by atoms with Gasteiger partial charge in [0.25, 0.3) is 5.91 Å². The zero-order valence-electron chi connectivity index (χ0n) is 15.3. The van der Waals surface area contributed by atoms with Gasteiger partial charge in [0.05, 0.1) is 18.2 Å². The number of hydrogen-bond donors (Lipinski definition) is 2. The first kappa shape index (κ1) is 18.2. The van der Waals surface area contributed by atoms with Crippen LogP contribution in [0.2, 0.25) is 0 Å². The summed E-state index contributed by atoms with van der Waals surface area (Å²) in [5.74, 6) is -0.352. The number of H-pyrrole nitrogens is 1. The van der Waals surface area contributed by atoms with E-state index in [1.165, 1.54) is 12.3 Å². The molecule has 0 atom stereocenters. The van der Waals surface area contributed by atoms with Gasteiger partial charge in [-0.25, -0.2) is 0 Å². The number of furan rings is 1. The lowest BCUT2D eigenvalue weighted by molar-refractivity contribution is 0.0994. The summed E-state index contributed by atoms with van der Waals surface area (Å²) in [4.78, 5) is 24.7. The quantitative estimate of drug-likeness (QED) is 0.369. The first-order chi connectivity index (χ1) is 14.2. The molecule has 2 aromatic heterocycles. The lowest BCUT2D eigenvalue weighted by atomic mass is 10.1. The Hall–Kier alpha value is -4.19. The van der Waals surface area contributed by atoms with E-state index in [2.05, 4.69) is 15.5 Å². The van der Waals surface area contributed by atoms with E-state index in [0.29, 0.717) is 11.3 Å². The van der Waals surface area contributed by atoms with Gasteiger partial charge in [0.2, 0.25) is 0 Å². The Morgan fingerprint density at radius 3 is 2.66 bits per heavy atom. The van der Waals surface area contributed by atoms with Gasteiger partial charge in [0.15, 0.2) is 11.5 Å². The van der Waals surface area contributed by atoms with Crippen molar-refractivity contribution in [1.82, 2.24) is 10.2 Å². The summed E-state index contributed by atoms with van der Waals surface area (Å²) >= 11 is 0. The van der Waals surface area contributed by atoms with Gasteiger partial charge in [-0.15, -0.1) is 0 Å². The number of hydrogen-bond acceptors (Lipinski definition) is 4. The topological polar surface area (TPSA) is 88.0 Å². The molecule has 0 fully saturated rings. The monoisotopic (exact) mass is 383 g/mol. The number of ketones is 1. The second-order valence-electron chi connectivity index (χ2n) is 6.28. The number of anilines is 1. The lowest BCUT2D eigenvalue weighted by Gasteiger charge is -2.04. The predicted octanol–water partition coefficient (Wildman–Crippen LogP) is 4.82. The number of nitrogens with zero attached hydrogens (tertiary/aromatic N) is 1. The normalized spacial score (nSPS) is 10.9. The smallest absolute Gasteiger partial charge is 0.291 e. The molecule has 0 aliphatic heterocycles. The van der Waals surface area contributed by atoms with E-state index in [1.807, 2.05) is 30.3 Å². The first-order valence-electron chi connectivity index (χ1n) is 8.97. The van der Waals surface area contributed by atoms with Crippen molar-refractivity contribution in [2.75, 3.05) is 5.32 Å². The Balaban J connectivity index is 1.50. The molecule has 4 aromatic rings. The van der Waals surface area contributed by atoms with Crippen molar-refractivity contribution >= 4 is 23.5 Å². The minimum Gasteiger partial charge on any atom is -0.459 e. The molecule has 0 bridgehead atoms. The van der Waals surface area contributed by atoms with Gasteiger partial charge in [-0.05, 0) is 36.4 Å². The standard InChI is InChI=1S/C23H17N3O3/c27-20(12-11-18-15-24-26-22(18)16-6-2-1-3-7-16)17-8-4-9-19(14-17)25-23(28)21-10-5-13-29-21/h1-15H,(H,24,26)(H,25,28)/b12-11+. The van der Waals surface area contributed by atoms with Gasteiger partial charge in [0.1, 0.15) is 0 Å². The van der Waals surface area contributed by atoms with Crippen LogP contribution in [0, 0.1) is 0 Å². The number of amides is 1. The van der Waals surface area contributed by atoms with Gasteiger partial charge in [0, 0.05) is 22.4 Å². The largest absolute Gasteiger partial charge is 0.459 e. The van der Waals surface area contributed by atoms with Crippen LogP contribution in [0.5, 0.6) is 0 Å². The summed E-state index contributed by atoms with van der Waals surface area (Å²) in [6.07, 6.45) is 6.32. The zero-order chi connectivity index (χ0) is 20.1. The van der Waals surface area contributed by atoms with Gasteiger partial charge >= 0.3 is 0 Å². The molecule has 2 aromatic carbocycles. The third kappa shape index (κ3) is 4.22. The second kappa shape index (κ2) is 8.22. The van der Waals surface area contributed by atoms with Crippen molar-refractivity contribution in [3.05, 3.63) is 102 Å². The van der Waals surface area contributed by atoms with E-state index in [-0.39, 0.29) is 17.5 Å². The zero-order valence-corrected chi connectivity index (χ0v) is 15.3. The Kier molecular flexibility index (Phi) is 5.16. The maximum Gasteiger partial charge on any atom is 0.291 e. The molecule has 0 radical (unpaired) electrons. The summed E-state index contributed by atoms with van der Waals surface area (Å²) in [5, 5.41) is 9.75. The van der Waals surface area contributed by atoms with Crippen LogP contribution in [0.15, 0.2) is 89.7 Å². The maximum absolute atomic E-state index is 12.6. The number of rotatable bonds is 6. The minimum absolute atomic E-state index is 0.181. The Morgan fingerprint density at radius 1 is 1.00 bits per heavy atom. The molecule has 0 spiro atoms.